The fraction of sp³-hybridized carbons (Fsp3) is 0.417. The highest BCUT2D eigenvalue weighted by Crippen LogP contribution is 2.25. The summed E-state index contributed by atoms with van der Waals surface area (Å²) in [6, 6.07) is 3.98. The van der Waals surface area contributed by atoms with E-state index in [1.165, 1.54) is 18.2 Å². The summed E-state index contributed by atoms with van der Waals surface area (Å²) < 4.78 is 5.38. The van der Waals surface area contributed by atoms with E-state index in [-0.39, 0.29) is 28.3 Å². The molecule has 1 fully saturated rings. The van der Waals surface area contributed by atoms with E-state index in [9.17, 15) is 14.9 Å². The van der Waals surface area contributed by atoms with E-state index in [2.05, 4.69) is 5.32 Å². The zero-order chi connectivity index (χ0) is 13.8. The Morgan fingerprint density at radius 2 is 2.37 bits per heavy atom. The van der Waals surface area contributed by atoms with Crippen LogP contribution in [0.25, 0.3) is 0 Å². The number of hydrogen-bond acceptors (Lipinski definition) is 4. The van der Waals surface area contributed by atoms with Crippen molar-refractivity contribution in [3.63, 3.8) is 0 Å². The van der Waals surface area contributed by atoms with Crippen molar-refractivity contribution < 1.29 is 14.5 Å². The Morgan fingerprint density at radius 3 is 3.00 bits per heavy atom. The number of rotatable bonds is 4. The second-order valence-electron chi connectivity index (χ2n) is 4.27. The Morgan fingerprint density at radius 1 is 1.58 bits per heavy atom. The van der Waals surface area contributed by atoms with Crippen LogP contribution < -0.4 is 5.32 Å². The van der Waals surface area contributed by atoms with Crippen LogP contribution >= 0.6 is 11.6 Å². The zero-order valence-corrected chi connectivity index (χ0v) is 10.9. The molecule has 102 valence electrons. The van der Waals surface area contributed by atoms with Crippen LogP contribution in [0.3, 0.4) is 0 Å². The molecule has 6 nitrogen and oxygen atoms in total. The Kier molecular flexibility index (Phi) is 4.34. The number of nitrogens with zero attached hydrogens (tertiary/aromatic N) is 1. The predicted octanol–water partition coefficient (Wildman–Crippen LogP) is 2.16. The van der Waals surface area contributed by atoms with E-state index in [1.54, 1.807) is 0 Å². The summed E-state index contributed by atoms with van der Waals surface area (Å²) in [7, 11) is 0. The number of hydrogen-bond donors (Lipinski definition) is 1. The number of carbonyl (C=O) groups excluding carboxylic acids is 1. The number of nitro benzene ring substituents is 1. The van der Waals surface area contributed by atoms with Gasteiger partial charge in [-0.05, 0) is 25.0 Å². The lowest BCUT2D eigenvalue weighted by Gasteiger charge is -2.10. The van der Waals surface area contributed by atoms with Crippen molar-refractivity contribution in [1.82, 2.24) is 5.32 Å². The Bertz CT molecular complexity index is 501. The van der Waals surface area contributed by atoms with Crippen molar-refractivity contribution in [2.45, 2.75) is 18.9 Å². The Labute approximate surface area is 114 Å². The molecule has 1 aromatic rings. The molecule has 1 heterocycles. The standard InChI is InChI=1S/C12H13ClN2O4/c13-10-4-3-8(6-11(10)15(17)18)12(16)14-7-9-2-1-5-19-9/h3-4,6,9H,1-2,5,7H2,(H,14,16). The first kappa shape index (κ1) is 13.8. The quantitative estimate of drug-likeness (QED) is 0.678. The first-order chi connectivity index (χ1) is 9.08. The summed E-state index contributed by atoms with van der Waals surface area (Å²) in [6.45, 7) is 1.13. The lowest BCUT2D eigenvalue weighted by Crippen LogP contribution is -2.31. The minimum absolute atomic E-state index is 0.0145. The van der Waals surface area contributed by atoms with Gasteiger partial charge in [0, 0.05) is 24.8 Å². The third kappa shape index (κ3) is 3.42. The highest BCUT2D eigenvalue weighted by atomic mass is 35.5. The van der Waals surface area contributed by atoms with E-state index < -0.39 is 4.92 Å². The summed E-state index contributed by atoms with van der Waals surface area (Å²) >= 11 is 5.68. The molecule has 1 amide bonds. The van der Waals surface area contributed by atoms with E-state index in [0.29, 0.717) is 13.2 Å². The number of benzene rings is 1. The molecule has 19 heavy (non-hydrogen) atoms. The summed E-state index contributed by atoms with van der Waals surface area (Å²) in [5.41, 5.74) is -0.0551. The first-order valence-electron chi connectivity index (χ1n) is 5.91. The SMILES string of the molecule is O=C(NCC1CCCO1)c1ccc(Cl)c([N+](=O)[O-])c1. The van der Waals surface area contributed by atoms with E-state index in [4.69, 9.17) is 16.3 Å². The summed E-state index contributed by atoms with van der Waals surface area (Å²) in [6.07, 6.45) is 1.94. The molecule has 1 aliphatic heterocycles. The Balaban J connectivity index is 2.02. The molecule has 1 N–H and O–H groups in total. The van der Waals surface area contributed by atoms with Crippen molar-refractivity contribution in [2.24, 2.45) is 0 Å². The summed E-state index contributed by atoms with van der Waals surface area (Å²) in [4.78, 5) is 22.0. The van der Waals surface area contributed by atoms with Crippen molar-refractivity contribution in [1.29, 1.82) is 0 Å². The molecule has 1 saturated heterocycles. The van der Waals surface area contributed by atoms with E-state index in [1.807, 2.05) is 0 Å². The molecule has 1 aromatic carbocycles. The average molecular weight is 285 g/mol. The van der Waals surface area contributed by atoms with Gasteiger partial charge >= 0.3 is 0 Å². The van der Waals surface area contributed by atoms with Gasteiger partial charge in [0.15, 0.2) is 0 Å². The normalized spacial score (nSPS) is 18.3. The fourth-order valence-corrected chi connectivity index (χ4v) is 2.09. The van der Waals surface area contributed by atoms with Gasteiger partial charge in [-0.3, -0.25) is 14.9 Å². The maximum atomic E-state index is 11.9. The molecule has 7 heteroatoms. The van der Waals surface area contributed by atoms with Crippen molar-refractivity contribution in [2.75, 3.05) is 13.2 Å². The average Bonchev–Trinajstić information content (AvgIpc) is 2.89. The highest BCUT2D eigenvalue weighted by molar-refractivity contribution is 6.32. The van der Waals surface area contributed by atoms with Gasteiger partial charge in [-0.2, -0.15) is 0 Å². The van der Waals surface area contributed by atoms with Gasteiger partial charge in [-0.15, -0.1) is 0 Å². The van der Waals surface area contributed by atoms with Gasteiger partial charge in [0.05, 0.1) is 11.0 Å². The molecule has 1 atom stereocenters. The van der Waals surface area contributed by atoms with Crippen molar-refractivity contribution in [3.8, 4) is 0 Å². The molecule has 1 aliphatic rings. The predicted molar refractivity (Wildman–Crippen MR) is 69.4 cm³/mol. The molecule has 0 radical (unpaired) electrons. The lowest BCUT2D eigenvalue weighted by molar-refractivity contribution is -0.384. The minimum Gasteiger partial charge on any atom is -0.376 e. The summed E-state index contributed by atoms with van der Waals surface area (Å²) in [5, 5.41) is 13.4. The number of amides is 1. The molecular weight excluding hydrogens is 272 g/mol. The lowest BCUT2D eigenvalue weighted by atomic mass is 10.2. The van der Waals surface area contributed by atoms with Gasteiger partial charge in [0.25, 0.3) is 11.6 Å². The topological polar surface area (TPSA) is 81.5 Å². The van der Waals surface area contributed by atoms with Gasteiger partial charge in [-0.1, -0.05) is 11.6 Å². The van der Waals surface area contributed by atoms with Crippen LogP contribution in [0.15, 0.2) is 18.2 Å². The van der Waals surface area contributed by atoms with Crippen LogP contribution in [0.5, 0.6) is 0 Å². The van der Waals surface area contributed by atoms with Crippen LogP contribution in [0, 0.1) is 10.1 Å². The van der Waals surface area contributed by atoms with E-state index >= 15 is 0 Å². The summed E-state index contributed by atoms with van der Waals surface area (Å²) in [5.74, 6) is -0.365. The van der Waals surface area contributed by atoms with Crippen LogP contribution in [-0.4, -0.2) is 30.1 Å². The fourth-order valence-electron chi connectivity index (χ4n) is 1.91. The van der Waals surface area contributed by atoms with Crippen LogP contribution in [0.4, 0.5) is 5.69 Å². The molecule has 2 rings (SSSR count). The molecule has 0 aliphatic carbocycles. The largest absolute Gasteiger partial charge is 0.376 e. The van der Waals surface area contributed by atoms with Gasteiger partial charge in [0.1, 0.15) is 5.02 Å². The van der Waals surface area contributed by atoms with Gasteiger partial charge in [-0.25, -0.2) is 0 Å². The maximum absolute atomic E-state index is 11.9. The highest BCUT2D eigenvalue weighted by Gasteiger charge is 2.19. The number of carbonyl (C=O) groups is 1. The van der Waals surface area contributed by atoms with Gasteiger partial charge in [0.2, 0.25) is 0 Å². The maximum Gasteiger partial charge on any atom is 0.288 e. The van der Waals surface area contributed by atoms with Crippen molar-refractivity contribution >= 4 is 23.2 Å². The smallest absolute Gasteiger partial charge is 0.288 e. The number of halogens is 1. The molecule has 1 unspecified atom stereocenters. The van der Waals surface area contributed by atoms with Crippen molar-refractivity contribution in [3.05, 3.63) is 38.9 Å². The monoisotopic (exact) mass is 284 g/mol. The van der Waals surface area contributed by atoms with E-state index in [0.717, 1.165) is 12.8 Å². The second kappa shape index (κ2) is 5.99. The molecule has 0 spiro atoms. The Hall–Kier alpha value is -1.66. The number of ether oxygens (including phenoxy) is 1. The minimum atomic E-state index is -0.612. The van der Waals surface area contributed by atoms with Crippen LogP contribution in [0.1, 0.15) is 23.2 Å². The zero-order valence-electron chi connectivity index (χ0n) is 10.1. The molecule has 0 aromatic heterocycles. The molecule has 0 bridgehead atoms. The first-order valence-corrected chi connectivity index (χ1v) is 6.29. The molecular formula is C12H13ClN2O4. The van der Waals surface area contributed by atoms with Crippen LogP contribution in [-0.2, 0) is 4.74 Å². The number of nitro groups is 1. The second-order valence-corrected chi connectivity index (χ2v) is 4.68. The van der Waals surface area contributed by atoms with Gasteiger partial charge < -0.3 is 10.1 Å². The third-order valence-corrected chi connectivity index (χ3v) is 3.24. The van der Waals surface area contributed by atoms with Crippen LogP contribution in [0.2, 0.25) is 5.02 Å². The molecule has 0 saturated carbocycles. The number of nitrogens with one attached hydrogen (secondary N) is 1. The third-order valence-electron chi connectivity index (χ3n) is 2.92.